The lowest BCUT2D eigenvalue weighted by Gasteiger charge is -2.52. The average Bonchev–Trinajstić information content (AvgIpc) is 3.66. The quantitative estimate of drug-likeness (QED) is 0.108. The third kappa shape index (κ3) is 7.52. The molecule has 2 aliphatic carbocycles. The summed E-state index contributed by atoms with van der Waals surface area (Å²) in [6.07, 6.45) is 15.6. The summed E-state index contributed by atoms with van der Waals surface area (Å²) < 4.78 is 13.2. The van der Waals surface area contributed by atoms with Crippen LogP contribution in [-0.2, 0) is 23.3 Å². The van der Waals surface area contributed by atoms with Crippen molar-refractivity contribution in [3.8, 4) is 11.5 Å². The summed E-state index contributed by atoms with van der Waals surface area (Å²) in [5.41, 5.74) is 3.80. The molecule has 2 aromatic carbocycles. The van der Waals surface area contributed by atoms with Crippen molar-refractivity contribution in [1.29, 1.82) is 0 Å². The molecule has 298 valence electrons. The number of nitro groups is 1. The molecule has 3 fully saturated rings. The Balaban J connectivity index is 0.921. The summed E-state index contributed by atoms with van der Waals surface area (Å²) >= 11 is 0. The Labute approximate surface area is 328 Å². The first-order valence-electron chi connectivity index (χ1n) is 20.5. The number of ether oxygens (including phenoxy) is 2. The number of nitrogens with one attached hydrogen (secondary N) is 1. The van der Waals surface area contributed by atoms with Crippen LogP contribution in [0, 0.1) is 16.0 Å². The monoisotopic (exact) mass is 765 g/mol. The van der Waals surface area contributed by atoms with Gasteiger partial charge in [0, 0.05) is 62.8 Å². The fourth-order valence-electron chi connectivity index (χ4n) is 9.97. The number of fused-ring (bicyclic) bond motifs is 3. The fourth-order valence-corrected chi connectivity index (χ4v) is 9.97. The molecule has 14 nitrogen and oxygen atoms in total. The highest BCUT2D eigenvalue weighted by Gasteiger charge is 2.47. The molecule has 14 heteroatoms. The smallest absolute Gasteiger partial charge is 0.274 e. The number of carbonyl (C=O) groups is 1. The molecular formula is C42H55N9O5. The van der Waals surface area contributed by atoms with Gasteiger partial charge in [0.05, 0.1) is 42.8 Å². The van der Waals surface area contributed by atoms with Gasteiger partial charge in [0.1, 0.15) is 12.1 Å². The maximum Gasteiger partial charge on any atom is 0.274 e. The normalized spacial score (nSPS) is 22.0. The van der Waals surface area contributed by atoms with E-state index in [9.17, 15) is 14.9 Å². The number of hydrogen-bond donors (Lipinski definition) is 1. The molecule has 0 atom stereocenters. The maximum absolute atomic E-state index is 14.2. The number of piperazine rings is 1. The molecule has 56 heavy (non-hydrogen) atoms. The number of amides is 1. The van der Waals surface area contributed by atoms with Crippen LogP contribution in [0.5, 0.6) is 11.5 Å². The maximum atomic E-state index is 14.2. The third-order valence-corrected chi connectivity index (χ3v) is 13.0. The molecule has 2 aromatic heterocycles. The highest BCUT2D eigenvalue weighted by Crippen LogP contribution is 2.50. The molecule has 8 rings (SSSR count). The minimum atomic E-state index is -0.371. The van der Waals surface area contributed by atoms with Crippen LogP contribution in [0.3, 0.4) is 0 Å². The van der Waals surface area contributed by atoms with Crippen molar-refractivity contribution >= 4 is 28.4 Å². The van der Waals surface area contributed by atoms with Gasteiger partial charge >= 0.3 is 0 Å². The van der Waals surface area contributed by atoms with Gasteiger partial charge in [-0.15, -0.1) is 0 Å². The van der Waals surface area contributed by atoms with Crippen LogP contribution in [0.15, 0.2) is 48.9 Å². The Morgan fingerprint density at radius 1 is 0.964 bits per heavy atom. The zero-order valence-electron chi connectivity index (χ0n) is 32.8. The number of carbonyl (C=O) groups excluding carboxylic acids is 1. The van der Waals surface area contributed by atoms with Crippen LogP contribution < -0.4 is 19.7 Å². The van der Waals surface area contributed by atoms with Gasteiger partial charge in [-0.25, -0.2) is 14.6 Å². The molecule has 1 N–H and O–H groups in total. The van der Waals surface area contributed by atoms with Gasteiger partial charge in [0.2, 0.25) is 5.91 Å². The molecule has 1 spiro atoms. The SMILES string of the molecule is COc1cc2c(cc1OC)[C@]1(CC[C@H](C(=O)N3CCN(c4ncnc5c4cnn5Cc4ccccc4[N+](=O)[O-])CC3)CC1)N(CCCNC1CCCCC1)CC2. The van der Waals surface area contributed by atoms with E-state index in [1.165, 1.54) is 55.6 Å². The summed E-state index contributed by atoms with van der Waals surface area (Å²) in [7, 11) is 3.42. The van der Waals surface area contributed by atoms with Crippen LogP contribution in [-0.4, -0.2) is 106 Å². The number of methoxy groups -OCH3 is 2. The lowest BCUT2D eigenvalue weighted by molar-refractivity contribution is -0.385. The Morgan fingerprint density at radius 3 is 2.46 bits per heavy atom. The molecule has 0 bridgehead atoms. The Bertz CT molecular complexity index is 2010. The number of rotatable bonds is 12. The van der Waals surface area contributed by atoms with E-state index in [0.717, 1.165) is 80.9 Å². The Hall–Kier alpha value is -4.82. The van der Waals surface area contributed by atoms with Crippen LogP contribution in [0.1, 0.15) is 80.9 Å². The van der Waals surface area contributed by atoms with Crippen LogP contribution in [0.2, 0.25) is 0 Å². The summed E-state index contributed by atoms with van der Waals surface area (Å²) in [6.45, 7) is 5.87. The second kappa shape index (κ2) is 16.7. The molecular weight excluding hydrogens is 711 g/mol. The number of para-hydroxylation sites is 1. The third-order valence-electron chi connectivity index (χ3n) is 13.0. The van der Waals surface area contributed by atoms with E-state index < -0.39 is 0 Å². The van der Waals surface area contributed by atoms with Gasteiger partial charge in [0.25, 0.3) is 5.69 Å². The second-order valence-corrected chi connectivity index (χ2v) is 16.0. The van der Waals surface area contributed by atoms with Gasteiger partial charge in [-0.3, -0.25) is 19.8 Å². The van der Waals surface area contributed by atoms with Gasteiger partial charge in [-0.2, -0.15) is 5.10 Å². The number of aromatic nitrogens is 4. The molecule has 1 saturated heterocycles. The molecule has 0 radical (unpaired) electrons. The van der Waals surface area contributed by atoms with Gasteiger partial charge < -0.3 is 24.6 Å². The number of hydrogen-bond acceptors (Lipinski definition) is 11. The number of nitrogens with zero attached hydrogens (tertiary/aromatic N) is 8. The van der Waals surface area contributed by atoms with E-state index in [2.05, 4.69) is 42.3 Å². The van der Waals surface area contributed by atoms with Crippen LogP contribution in [0.4, 0.5) is 11.5 Å². The lowest BCUT2D eigenvalue weighted by Crippen LogP contribution is -2.55. The minimum absolute atomic E-state index is 0.00135. The van der Waals surface area contributed by atoms with Crippen molar-refractivity contribution in [2.45, 2.75) is 88.8 Å². The number of benzene rings is 2. The van der Waals surface area contributed by atoms with E-state index in [-0.39, 0.29) is 34.5 Å². The van der Waals surface area contributed by atoms with Crippen molar-refractivity contribution in [1.82, 2.24) is 34.9 Å². The summed E-state index contributed by atoms with van der Waals surface area (Å²) in [5, 5.41) is 20.8. The average molecular weight is 766 g/mol. The predicted molar refractivity (Wildman–Crippen MR) is 214 cm³/mol. The summed E-state index contributed by atoms with van der Waals surface area (Å²) in [6, 6.07) is 11.8. The zero-order chi connectivity index (χ0) is 38.6. The van der Waals surface area contributed by atoms with Crippen molar-refractivity contribution in [2.24, 2.45) is 5.92 Å². The Kier molecular flexibility index (Phi) is 11.4. The Morgan fingerprint density at radius 2 is 1.71 bits per heavy atom. The standard InChI is InChI=1S/C42H55N9O5/c1-55-37-25-31-15-20-49(19-8-18-43-33-10-4-3-5-11-33)42(35(31)26-38(37)56-2)16-13-30(14-17-42)41(52)48-23-21-47(22-24-48)39-34-27-46-50(40(34)45-29-44-39)28-32-9-6-7-12-36(32)51(53)54/h6-7,9,12,25-27,29-30,33,43H,3-5,8,10-11,13-24,28H2,1-2H3/t30-,42+. The lowest BCUT2D eigenvalue weighted by atomic mass is 9.68. The topological polar surface area (TPSA) is 144 Å². The first kappa shape index (κ1) is 38.1. The highest BCUT2D eigenvalue weighted by molar-refractivity contribution is 5.87. The number of nitro benzene ring substituents is 1. The van der Waals surface area contributed by atoms with Crippen molar-refractivity contribution in [3.63, 3.8) is 0 Å². The van der Waals surface area contributed by atoms with Gasteiger partial charge in [0.15, 0.2) is 17.1 Å². The largest absolute Gasteiger partial charge is 0.493 e. The zero-order valence-corrected chi connectivity index (χ0v) is 32.8. The van der Waals surface area contributed by atoms with Gasteiger partial charge in [-0.1, -0.05) is 37.5 Å². The summed E-state index contributed by atoms with van der Waals surface area (Å²) in [5.74, 6) is 2.59. The predicted octanol–water partition coefficient (Wildman–Crippen LogP) is 5.70. The molecule has 4 aromatic rings. The molecule has 2 saturated carbocycles. The molecule has 1 amide bonds. The summed E-state index contributed by atoms with van der Waals surface area (Å²) in [4.78, 5) is 41.5. The van der Waals surface area contributed by atoms with Crippen LogP contribution in [0.25, 0.3) is 11.0 Å². The van der Waals surface area contributed by atoms with Crippen molar-refractivity contribution in [3.05, 3.63) is 75.7 Å². The highest BCUT2D eigenvalue weighted by atomic mass is 16.6. The van der Waals surface area contributed by atoms with Crippen LogP contribution >= 0.6 is 0 Å². The fraction of sp³-hybridized carbons (Fsp3) is 0.571. The van der Waals surface area contributed by atoms with Crippen molar-refractivity contribution < 1.29 is 19.2 Å². The van der Waals surface area contributed by atoms with E-state index in [0.29, 0.717) is 43.4 Å². The van der Waals surface area contributed by atoms with E-state index in [1.807, 2.05) is 4.90 Å². The second-order valence-electron chi connectivity index (χ2n) is 16.0. The first-order valence-corrected chi connectivity index (χ1v) is 20.5. The van der Waals surface area contributed by atoms with Crippen molar-refractivity contribution in [2.75, 3.05) is 64.9 Å². The minimum Gasteiger partial charge on any atom is -0.493 e. The first-order chi connectivity index (χ1) is 27.4. The van der Waals surface area contributed by atoms with E-state index in [4.69, 9.17) is 9.47 Å². The van der Waals surface area contributed by atoms with E-state index >= 15 is 0 Å². The molecule has 0 unspecified atom stereocenters. The number of anilines is 1. The molecule has 4 heterocycles. The van der Waals surface area contributed by atoms with Gasteiger partial charge in [-0.05, 0) is 81.2 Å². The molecule has 4 aliphatic rings. The van der Waals surface area contributed by atoms with E-state index in [1.54, 1.807) is 43.3 Å². The molecule has 2 aliphatic heterocycles.